The van der Waals surface area contributed by atoms with Gasteiger partial charge in [0.25, 0.3) is 0 Å². The number of rotatable bonds is 5. The molecule has 0 aliphatic carbocycles. The molecule has 88 valence electrons. The second kappa shape index (κ2) is 6.02. The lowest BCUT2D eigenvalue weighted by Gasteiger charge is -2.17. The number of benzene rings is 1. The quantitative estimate of drug-likeness (QED) is 0.856. The van der Waals surface area contributed by atoms with E-state index in [1.807, 2.05) is 45.2 Å². The standard InChI is InChI=1S/C13H18ClNO/c1-9(2)13(16)12(15-3)8-10-6-4-5-7-11(10)14/h4-7,9,12,15H,8H2,1-3H3. The first-order valence-electron chi connectivity index (χ1n) is 5.50. The van der Waals surface area contributed by atoms with E-state index in [-0.39, 0.29) is 17.7 Å². The molecule has 0 bridgehead atoms. The van der Waals surface area contributed by atoms with E-state index in [0.29, 0.717) is 6.42 Å². The van der Waals surface area contributed by atoms with E-state index >= 15 is 0 Å². The lowest BCUT2D eigenvalue weighted by Crippen LogP contribution is -2.38. The molecule has 0 aliphatic heterocycles. The van der Waals surface area contributed by atoms with Crippen molar-refractivity contribution in [2.45, 2.75) is 26.3 Å². The highest BCUT2D eigenvalue weighted by Crippen LogP contribution is 2.17. The van der Waals surface area contributed by atoms with Crippen molar-refractivity contribution in [3.05, 3.63) is 34.9 Å². The number of hydrogen-bond acceptors (Lipinski definition) is 2. The van der Waals surface area contributed by atoms with Gasteiger partial charge in [-0.1, -0.05) is 43.6 Å². The molecule has 1 aromatic rings. The van der Waals surface area contributed by atoms with Gasteiger partial charge < -0.3 is 5.32 Å². The number of carbonyl (C=O) groups is 1. The Morgan fingerprint density at radius 3 is 2.50 bits per heavy atom. The van der Waals surface area contributed by atoms with Gasteiger partial charge in [-0.15, -0.1) is 0 Å². The summed E-state index contributed by atoms with van der Waals surface area (Å²) in [5.74, 6) is 0.266. The first kappa shape index (κ1) is 13.2. The van der Waals surface area contributed by atoms with Crippen LogP contribution in [0.25, 0.3) is 0 Å². The van der Waals surface area contributed by atoms with E-state index < -0.39 is 0 Å². The highest BCUT2D eigenvalue weighted by molar-refractivity contribution is 6.31. The molecule has 1 aromatic carbocycles. The van der Waals surface area contributed by atoms with Crippen LogP contribution in [0.3, 0.4) is 0 Å². The Balaban J connectivity index is 2.78. The third-order valence-corrected chi connectivity index (χ3v) is 3.01. The maximum Gasteiger partial charge on any atom is 0.152 e. The Hall–Kier alpha value is -0.860. The van der Waals surface area contributed by atoms with Crippen LogP contribution in [0.2, 0.25) is 5.02 Å². The topological polar surface area (TPSA) is 29.1 Å². The van der Waals surface area contributed by atoms with Gasteiger partial charge in [-0.3, -0.25) is 4.79 Å². The van der Waals surface area contributed by atoms with Crippen LogP contribution in [0, 0.1) is 5.92 Å². The van der Waals surface area contributed by atoms with Crippen molar-refractivity contribution in [1.82, 2.24) is 5.32 Å². The molecular formula is C13H18ClNO. The zero-order valence-electron chi connectivity index (χ0n) is 9.96. The summed E-state index contributed by atoms with van der Waals surface area (Å²) >= 11 is 6.07. The molecule has 16 heavy (non-hydrogen) atoms. The molecule has 1 atom stereocenters. The molecule has 0 aromatic heterocycles. The van der Waals surface area contributed by atoms with Gasteiger partial charge in [0.15, 0.2) is 5.78 Å². The van der Waals surface area contributed by atoms with Crippen LogP contribution in [0.1, 0.15) is 19.4 Å². The lowest BCUT2D eigenvalue weighted by molar-refractivity contribution is -0.123. The first-order valence-corrected chi connectivity index (χ1v) is 5.88. The molecule has 2 nitrogen and oxygen atoms in total. The van der Waals surface area contributed by atoms with Gasteiger partial charge in [-0.05, 0) is 25.1 Å². The molecule has 0 saturated carbocycles. The van der Waals surface area contributed by atoms with Crippen LogP contribution in [-0.2, 0) is 11.2 Å². The zero-order chi connectivity index (χ0) is 12.1. The van der Waals surface area contributed by atoms with Crippen LogP contribution in [0.15, 0.2) is 24.3 Å². The van der Waals surface area contributed by atoms with E-state index in [9.17, 15) is 4.79 Å². The van der Waals surface area contributed by atoms with E-state index in [2.05, 4.69) is 5.32 Å². The Bertz CT molecular complexity index is 363. The van der Waals surface area contributed by atoms with Gasteiger partial charge in [-0.2, -0.15) is 0 Å². The maximum atomic E-state index is 11.9. The average Bonchev–Trinajstić information content (AvgIpc) is 2.27. The minimum atomic E-state index is -0.153. The normalized spacial score (nSPS) is 12.8. The van der Waals surface area contributed by atoms with Crippen molar-refractivity contribution in [2.24, 2.45) is 5.92 Å². The highest BCUT2D eigenvalue weighted by atomic mass is 35.5. The molecular weight excluding hydrogens is 222 g/mol. The maximum absolute atomic E-state index is 11.9. The Kier molecular flexibility index (Phi) is 4.97. The van der Waals surface area contributed by atoms with Crippen LogP contribution >= 0.6 is 11.6 Å². The number of nitrogens with one attached hydrogen (secondary N) is 1. The summed E-state index contributed by atoms with van der Waals surface area (Å²) in [6, 6.07) is 7.49. The van der Waals surface area contributed by atoms with Crippen molar-refractivity contribution in [2.75, 3.05) is 7.05 Å². The van der Waals surface area contributed by atoms with Crippen LogP contribution < -0.4 is 5.32 Å². The molecule has 0 amide bonds. The van der Waals surface area contributed by atoms with Crippen molar-refractivity contribution in [1.29, 1.82) is 0 Å². The van der Waals surface area contributed by atoms with Crippen molar-refractivity contribution < 1.29 is 4.79 Å². The number of halogens is 1. The minimum Gasteiger partial charge on any atom is -0.310 e. The summed E-state index contributed by atoms with van der Waals surface area (Å²) in [6.45, 7) is 3.83. The SMILES string of the molecule is CNC(Cc1ccccc1Cl)C(=O)C(C)C. The van der Waals surface area contributed by atoms with Gasteiger partial charge in [0, 0.05) is 10.9 Å². The van der Waals surface area contributed by atoms with Crippen LogP contribution in [0.5, 0.6) is 0 Å². The molecule has 0 heterocycles. The van der Waals surface area contributed by atoms with Crippen molar-refractivity contribution in [3.63, 3.8) is 0 Å². The average molecular weight is 240 g/mol. The van der Waals surface area contributed by atoms with Crippen LogP contribution in [0.4, 0.5) is 0 Å². The highest BCUT2D eigenvalue weighted by Gasteiger charge is 2.20. The first-order chi connectivity index (χ1) is 7.56. The fourth-order valence-corrected chi connectivity index (χ4v) is 1.84. The molecule has 0 spiro atoms. The number of carbonyl (C=O) groups excluding carboxylic acids is 1. The summed E-state index contributed by atoms with van der Waals surface area (Å²) < 4.78 is 0. The zero-order valence-corrected chi connectivity index (χ0v) is 10.7. The predicted octanol–water partition coefficient (Wildman–Crippen LogP) is 2.70. The largest absolute Gasteiger partial charge is 0.310 e. The Morgan fingerprint density at radius 2 is 2.00 bits per heavy atom. The molecule has 0 saturated heterocycles. The van der Waals surface area contributed by atoms with E-state index in [1.165, 1.54) is 0 Å². The molecule has 0 aliphatic rings. The lowest BCUT2D eigenvalue weighted by atomic mass is 9.96. The van der Waals surface area contributed by atoms with Crippen molar-refractivity contribution in [3.8, 4) is 0 Å². The fourth-order valence-electron chi connectivity index (χ4n) is 1.63. The Morgan fingerprint density at radius 1 is 1.38 bits per heavy atom. The van der Waals surface area contributed by atoms with E-state index in [1.54, 1.807) is 0 Å². The van der Waals surface area contributed by atoms with Crippen molar-refractivity contribution >= 4 is 17.4 Å². The third kappa shape index (κ3) is 3.32. The summed E-state index contributed by atoms with van der Waals surface area (Å²) in [7, 11) is 1.81. The summed E-state index contributed by atoms with van der Waals surface area (Å²) in [6.07, 6.45) is 0.646. The minimum absolute atomic E-state index is 0.0416. The second-order valence-electron chi connectivity index (χ2n) is 4.19. The summed E-state index contributed by atoms with van der Waals surface area (Å²) in [5.41, 5.74) is 1.01. The molecule has 1 N–H and O–H groups in total. The van der Waals surface area contributed by atoms with Gasteiger partial charge in [0.05, 0.1) is 6.04 Å². The Labute approximate surface area is 102 Å². The van der Waals surface area contributed by atoms with Gasteiger partial charge in [0.1, 0.15) is 0 Å². The predicted molar refractivity (Wildman–Crippen MR) is 67.8 cm³/mol. The van der Waals surface area contributed by atoms with Gasteiger partial charge >= 0.3 is 0 Å². The fraction of sp³-hybridized carbons (Fsp3) is 0.462. The number of Topliss-reactive ketones (excluding diaryl/α,β-unsaturated/α-hetero) is 1. The summed E-state index contributed by atoms with van der Waals surface area (Å²) in [5, 5.41) is 3.77. The number of hydrogen-bond donors (Lipinski definition) is 1. The number of likely N-dealkylation sites (N-methyl/N-ethyl adjacent to an activating group) is 1. The third-order valence-electron chi connectivity index (χ3n) is 2.64. The summed E-state index contributed by atoms with van der Waals surface area (Å²) in [4.78, 5) is 11.9. The van der Waals surface area contributed by atoms with Crippen LogP contribution in [-0.4, -0.2) is 18.9 Å². The number of ketones is 1. The molecule has 3 heteroatoms. The second-order valence-corrected chi connectivity index (χ2v) is 4.60. The molecule has 1 rings (SSSR count). The molecule has 0 radical (unpaired) electrons. The molecule has 0 fully saturated rings. The molecule has 1 unspecified atom stereocenters. The smallest absolute Gasteiger partial charge is 0.152 e. The van der Waals surface area contributed by atoms with E-state index in [4.69, 9.17) is 11.6 Å². The van der Waals surface area contributed by atoms with Gasteiger partial charge in [0.2, 0.25) is 0 Å². The monoisotopic (exact) mass is 239 g/mol. The van der Waals surface area contributed by atoms with E-state index in [0.717, 1.165) is 10.6 Å². The van der Waals surface area contributed by atoms with Gasteiger partial charge in [-0.25, -0.2) is 0 Å².